The number of carbonyl (C=O) groups is 1. The quantitative estimate of drug-likeness (QED) is 0.451. The lowest BCUT2D eigenvalue weighted by molar-refractivity contribution is -0.109. The Morgan fingerprint density at radius 2 is 1.79 bits per heavy atom. The SMILES string of the molecule is CCCCC1CCC2C(CCC3C2CCC2(C)C(CNC(=O)c4ccc(F)cc4)CCCC32)C1. The van der Waals surface area contributed by atoms with Crippen LogP contribution in [0, 0.1) is 52.7 Å². The molecule has 0 heterocycles. The smallest absolute Gasteiger partial charge is 0.251 e. The normalized spacial score (nSPS) is 39.4. The van der Waals surface area contributed by atoms with Crippen LogP contribution in [0.5, 0.6) is 0 Å². The number of unbranched alkanes of at least 4 members (excludes halogenated alkanes) is 1. The highest BCUT2D eigenvalue weighted by Crippen LogP contribution is 2.63. The molecule has 0 spiro atoms. The van der Waals surface area contributed by atoms with Gasteiger partial charge < -0.3 is 5.32 Å². The molecule has 1 aromatic carbocycles. The number of hydrogen-bond donors (Lipinski definition) is 1. The third-order valence-corrected chi connectivity index (χ3v) is 11.1. The molecule has 0 aliphatic heterocycles. The summed E-state index contributed by atoms with van der Waals surface area (Å²) in [4.78, 5) is 12.7. The number of benzene rings is 1. The van der Waals surface area contributed by atoms with Gasteiger partial charge in [0, 0.05) is 12.1 Å². The Hall–Kier alpha value is -1.38. The van der Waals surface area contributed by atoms with Crippen LogP contribution in [0.25, 0.3) is 0 Å². The Bertz CT molecular complexity index is 836. The van der Waals surface area contributed by atoms with Crippen LogP contribution in [-0.2, 0) is 0 Å². The molecule has 0 saturated heterocycles. The van der Waals surface area contributed by atoms with Crippen molar-refractivity contribution in [2.45, 2.75) is 97.3 Å². The van der Waals surface area contributed by atoms with Crippen molar-refractivity contribution in [2.24, 2.45) is 46.8 Å². The molecule has 4 saturated carbocycles. The molecule has 8 unspecified atom stereocenters. The summed E-state index contributed by atoms with van der Waals surface area (Å²) in [6, 6.07) is 5.94. The van der Waals surface area contributed by atoms with E-state index < -0.39 is 0 Å². The molecule has 5 rings (SSSR count). The molecule has 3 heteroatoms. The van der Waals surface area contributed by atoms with Gasteiger partial charge in [0.05, 0.1) is 0 Å². The Labute approximate surface area is 206 Å². The Morgan fingerprint density at radius 1 is 1.00 bits per heavy atom. The van der Waals surface area contributed by atoms with Crippen LogP contribution in [0.15, 0.2) is 24.3 Å². The summed E-state index contributed by atoms with van der Waals surface area (Å²) in [7, 11) is 0. The largest absolute Gasteiger partial charge is 0.352 e. The van der Waals surface area contributed by atoms with E-state index in [1.54, 1.807) is 12.1 Å². The summed E-state index contributed by atoms with van der Waals surface area (Å²) in [5.74, 6) is 5.97. The number of rotatable bonds is 6. The van der Waals surface area contributed by atoms with E-state index in [-0.39, 0.29) is 11.7 Å². The van der Waals surface area contributed by atoms with E-state index in [0.717, 1.165) is 42.1 Å². The van der Waals surface area contributed by atoms with Crippen LogP contribution in [0.2, 0.25) is 0 Å². The molecule has 1 aromatic rings. The van der Waals surface area contributed by atoms with Crippen molar-refractivity contribution in [3.8, 4) is 0 Å². The lowest BCUT2D eigenvalue weighted by Crippen LogP contribution is -2.54. The predicted octanol–water partition coefficient (Wildman–Crippen LogP) is 8.02. The summed E-state index contributed by atoms with van der Waals surface area (Å²) in [6.45, 7) is 5.67. The van der Waals surface area contributed by atoms with Gasteiger partial charge in [0.25, 0.3) is 5.91 Å². The first kappa shape index (κ1) is 24.3. The van der Waals surface area contributed by atoms with Gasteiger partial charge in [-0.05, 0) is 122 Å². The summed E-state index contributed by atoms with van der Waals surface area (Å²) in [5, 5.41) is 3.22. The molecule has 1 amide bonds. The van der Waals surface area contributed by atoms with Crippen molar-refractivity contribution in [2.75, 3.05) is 6.54 Å². The second kappa shape index (κ2) is 10.3. The van der Waals surface area contributed by atoms with Crippen molar-refractivity contribution in [1.82, 2.24) is 5.32 Å². The number of hydrogen-bond acceptors (Lipinski definition) is 1. The zero-order chi connectivity index (χ0) is 23.7. The van der Waals surface area contributed by atoms with E-state index in [9.17, 15) is 9.18 Å². The maximum absolute atomic E-state index is 13.2. The molecule has 1 N–H and O–H groups in total. The van der Waals surface area contributed by atoms with Crippen molar-refractivity contribution >= 4 is 5.91 Å². The molecule has 4 aliphatic rings. The van der Waals surface area contributed by atoms with Crippen LogP contribution < -0.4 is 5.32 Å². The molecule has 4 fully saturated rings. The molecular weight excluding hydrogens is 421 g/mol. The highest BCUT2D eigenvalue weighted by Gasteiger charge is 2.55. The third kappa shape index (κ3) is 4.70. The lowest BCUT2D eigenvalue weighted by Gasteiger charge is -2.60. The summed E-state index contributed by atoms with van der Waals surface area (Å²) in [6.07, 6.45) is 18.4. The van der Waals surface area contributed by atoms with E-state index in [0.29, 0.717) is 16.9 Å². The van der Waals surface area contributed by atoms with Gasteiger partial charge in [-0.1, -0.05) is 46.0 Å². The van der Waals surface area contributed by atoms with Crippen LogP contribution in [-0.4, -0.2) is 12.5 Å². The monoisotopic (exact) mass is 467 g/mol. The first-order valence-electron chi connectivity index (χ1n) is 14.5. The van der Waals surface area contributed by atoms with Crippen molar-refractivity contribution < 1.29 is 9.18 Å². The Kier molecular flexibility index (Phi) is 7.38. The van der Waals surface area contributed by atoms with E-state index in [1.165, 1.54) is 95.6 Å². The minimum absolute atomic E-state index is 0.0558. The molecule has 0 aromatic heterocycles. The Morgan fingerprint density at radius 3 is 2.59 bits per heavy atom. The average molecular weight is 468 g/mol. The standard InChI is InChI=1S/C31H46FNO/c1-3-4-6-21-9-15-26-23(19-21)12-16-28-27(26)17-18-31(2)24(7-5-8-29(28)31)20-33-30(34)22-10-13-25(32)14-11-22/h10-11,13-14,21,23-24,26-29H,3-9,12,15-20H2,1-2H3,(H,33,34). The van der Waals surface area contributed by atoms with E-state index in [1.807, 2.05) is 0 Å². The fourth-order valence-corrected chi connectivity index (χ4v) is 9.27. The zero-order valence-electron chi connectivity index (χ0n) is 21.5. The van der Waals surface area contributed by atoms with Crippen LogP contribution in [0.4, 0.5) is 4.39 Å². The predicted molar refractivity (Wildman–Crippen MR) is 137 cm³/mol. The highest BCUT2D eigenvalue weighted by atomic mass is 19.1. The number of amides is 1. The van der Waals surface area contributed by atoms with Crippen LogP contribution in [0.1, 0.15) is 108 Å². The molecule has 34 heavy (non-hydrogen) atoms. The van der Waals surface area contributed by atoms with Gasteiger partial charge in [-0.15, -0.1) is 0 Å². The van der Waals surface area contributed by atoms with Gasteiger partial charge in [-0.2, -0.15) is 0 Å². The van der Waals surface area contributed by atoms with Gasteiger partial charge >= 0.3 is 0 Å². The first-order chi connectivity index (χ1) is 16.5. The van der Waals surface area contributed by atoms with Crippen molar-refractivity contribution in [3.05, 3.63) is 35.6 Å². The van der Waals surface area contributed by atoms with Gasteiger partial charge in [0.1, 0.15) is 5.82 Å². The summed E-state index contributed by atoms with van der Waals surface area (Å²) in [5.41, 5.74) is 0.927. The Balaban J connectivity index is 1.22. The van der Waals surface area contributed by atoms with Gasteiger partial charge in [-0.25, -0.2) is 4.39 Å². The highest BCUT2D eigenvalue weighted by molar-refractivity contribution is 5.94. The summed E-state index contributed by atoms with van der Waals surface area (Å²) < 4.78 is 13.2. The lowest BCUT2D eigenvalue weighted by atomic mass is 9.45. The average Bonchev–Trinajstić information content (AvgIpc) is 2.85. The van der Waals surface area contributed by atoms with Crippen molar-refractivity contribution in [1.29, 1.82) is 0 Å². The molecule has 0 radical (unpaired) electrons. The van der Waals surface area contributed by atoms with Gasteiger partial charge in [0.15, 0.2) is 0 Å². The minimum atomic E-state index is -0.292. The maximum Gasteiger partial charge on any atom is 0.251 e. The van der Waals surface area contributed by atoms with Crippen LogP contribution >= 0.6 is 0 Å². The zero-order valence-corrected chi connectivity index (χ0v) is 21.5. The molecule has 8 atom stereocenters. The summed E-state index contributed by atoms with van der Waals surface area (Å²) >= 11 is 0. The number of carbonyl (C=O) groups excluding carboxylic acids is 1. The second-order valence-corrected chi connectivity index (χ2v) is 12.6. The van der Waals surface area contributed by atoms with E-state index >= 15 is 0 Å². The van der Waals surface area contributed by atoms with Crippen LogP contribution in [0.3, 0.4) is 0 Å². The van der Waals surface area contributed by atoms with Crippen molar-refractivity contribution in [3.63, 3.8) is 0 Å². The molecule has 4 aliphatic carbocycles. The van der Waals surface area contributed by atoms with E-state index in [4.69, 9.17) is 0 Å². The number of nitrogens with one attached hydrogen (secondary N) is 1. The van der Waals surface area contributed by atoms with Gasteiger partial charge in [0.2, 0.25) is 0 Å². The van der Waals surface area contributed by atoms with Gasteiger partial charge in [-0.3, -0.25) is 4.79 Å². The molecule has 188 valence electrons. The fourth-order valence-electron chi connectivity index (χ4n) is 9.27. The topological polar surface area (TPSA) is 29.1 Å². The van der Waals surface area contributed by atoms with E-state index in [2.05, 4.69) is 19.2 Å². The first-order valence-corrected chi connectivity index (χ1v) is 14.5. The molecule has 0 bridgehead atoms. The fraction of sp³-hybridized carbons (Fsp3) is 0.774. The second-order valence-electron chi connectivity index (χ2n) is 12.6. The number of halogens is 1. The third-order valence-electron chi connectivity index (χ3n) is 11.1. The maximum atomic E-state index is 13.2. The number of fused-ring (bicyclic) bond motifs is 5. The molecular formula is C31H46FNO. The molecule has 2 nitrogen and oxygen atoms in total. The minimum Gasteiger partial charge on any atom is -0.352 e.